The first-order valence-electron chi connectivity index (χ1n) is 6.29. The van der Waals surface area contributed by atoms with E-state index in [9.17, 15) is 0 Å². The van der Waals surface area contributed by atoms with Gasteiger partial charge in [0.25, 0.3) is 0 Å². The third-order valence-electron chi connectivity index (χ3n) is 2.95. The molecule has 0 radical (unpaired) electrons. The van der Waals surface area contributed by atoms with Crippen molar-refractivity contribution < 1.29 is 0 Å². The Morgan fingerprint density at radius 2 is 1.68 bits per heavy atom. The molecule has 0 amide bonds. The van der Waals surface area contributed by atoms with E-state index in [1.54, 1.807) is 11.8 Å². The standard InChI is InChI=1S/C16H18N2S/c1-11(2)12-7-9-13(10-8-12)19-15-6-4-3-5-14(15)16(17)18/h3-11H,1-2H3,(H3,17,18). The zero-order chi connectivity index (χ0) is 13.8. The van der Waals surface area contributed by atoms with Crippen LogP contribution in [0.5, 0.6) is 0 Å². The highest BCUT2D eigenvalue weighted by Crippen LogP contribution is 2.31. The van der Waals surface area contributed by atoms with Gasteiger partial charge < -0.3 is 5.73 Å². The van der Waals surface area contributed by atoms with E-state index in [1.165, 1.54) is 5.56 Å². The SMILES string of the molecule is CC(C)c1ccc(Sc2ccccc2C(=N)N)cc1. The highest BCUT2D eigenvalue weighted by atomic mass is 32.2. The molecular weight excluding hydrogens is 252 g/mol. The Morgan fingerprint density at radius 1 is 1.05 bits per heavy atom. The quantitative estimate of drug-likeness (QED) is 0.644. The fraction of sp³-hybridized carbons (Fsp3) is 0.188. The highest BCUT2D eigenvalue weighted by molar-refractivity contribution is 7.99. The van der Waals surface area contributed by atoms with Gasteiger partial charge in [0, 0.05) is 15.4 Å². The predicted molar refractivity (Wildman–Crippen MR) is 82.1 cm³/mol. The molecule has 0 unspecified atom stereocenters. The number of hydrogen-bond acceptors (Lipinski definition) is 2. The van der Waals surface area contributed by atoms with Crippen LogP contribution in [0.15, 0.2) is 58.3 Å². The number of benzene rings is 2. The lowest BCUT2D eigenvalue weighted by Crippen LogP contribution is -2.11. The molecule has 2 aromatic rings. The molecule has 0 heterocycles. The minimum atomic E-state index is 0.113. The van der Waals surface area contributed by atoms with Crippen LogP contribution in [0.25, 0.3) is 0 Å². The van der Waals surface area contributed by atoms with Crippen LogP contribution in [-0.4, -0.2) is 5.84 Å². The molecule has 0 aromatic heterocycles. The second kappa shape index (κ2) is 5.93. The molecule has 19 heavy (non-hydrogen) atoms. The molecule has 3 N–H and O–H groups in total. The van der Waals surface area contributed by atoms with Crippen molar-refractivity contribution in [3.05, 3.63) is 59.7 Å². The van der Waals surface area contributed by atoms with Gasteiger partial charge in [0.2, 0.25) is 0 Å². The lowest BCUT2D eigenvalue weighted by molar-refractivity contribution is 0.865. The van der Waals surface area contributed by atoms with E-state index in [1.807, 2.05) is 24.3 Å². The van der Waals surface area contributed by atoms with Crippen molar-refractivity contribution in [1.29, 1.82) is 5.41 Å². The smallest absolute Gasteiger partial charge is 0.123 e. The molecule has 2 rings (SSSR count). The average Bonchev–Trinajstić information content (AvgIpc) is 2.39. The maximum Gasteiger partial charge on any atom is 0.123 e. The zero-order valence-corrected chi connectivity index (χ0v) is 12.0. The molecule has 0 saturated carbocycles. The van der Waals surface area contributed by atoms with Crippen LogP contribution in [0.3, 0.4) is 0 Å². The van der Waals surface area contributed by atoms with E-state index in [0.717, 1.165) is 15.4 Å². The van der Waals surface area contributed by atoms with Crippen LogP contribution >= 0.6 is 11.8 Å². The third kappa shape index (κ3) is 3.38. The molecule has 0 aliphatic heterocycles. The summed E-state index contributed by atoms with van der Waals surface area (Å²) in [4.78, 5) is 2.19. The monoisotopic (exact) mass is 270 g/mol. The first kappa shape index (κ1) is 13.7. The van der Waals surface area contributed by atoms with Gasteiger partial charge in [-0.15, -0.1) is 0 Å². The number of nitrogens with two attached hydrogens (primary N) is 1. The van der Waals surface area contributed by atoms with Crippen molar-refractivity contribution in [3.63, 3.8) is 0 Å². The van der Waals surface area contributed by atoms with Crippen molar-refractivity contribution in [2.24, 2.45) is 5.73 Å². The number of rotatable bonds is 4. The van der Waals surface area contributed by atoms with Crippen LogP contribution in [0.2, 0.25) is 0 Å². The van der Waals surface area contributed by atoms with Crippen LogP contribution in [0.4, 0.5) is 0 Å². The maximum atomic E-state index is 7.60. The third-order valence-corrected chi connectivity index (χ3v) is 4.04. The summed E-state index contributed by atoms with van der Waals surface area (Å²) in [6.45, 7) is 4.38. The number of hydrogen-bond donors (Lipinski definition) is 2. The second-order valence-corrected chi connectivity index (χ2v) is 5.85. The summed E-state index contributed by atoms with van der Waals surface area (Å²) in [5, 5.41) is 7.60. The van der Waals surface area contributed by atoms with Gasteiger partial charge in [0.1, 0.15) is 5.84 Å². The van der Waals surface area contributed by atoms with E-state index in [0.29, 0.717) is 5.92 Å². The molecule has 3 heteroatoms. The molecule has 0 aliphatic rings. The average molecular weight is 270 g/mol. The van der Waals surface area contributed by atoms with E-state index in [2.05, 4.69) is 38.1 Å². The summed E-state index contributed by atoms with van der Waals surface area (Å²) in [5.74, 6) is 0.658. The van der Waals surface area contributed by atoms with E-state index >= 15 is 0 Å². The summed E-state index contributed by atoms with van der Waals surface area (Å²) in [6, 6.07) is 16.3. The van der Waals surface area contributed by atoms with E-state index < -0.39 is 0 Å². The molecule has 0 fully saturated rings. The van der Waals surface area contributed by atoms with Gasteiger partial charge in [-0.25, -0.2) is 0 Å². The Labute approximate surface area is 118 Å². The highest BCUT2D eigenvalue weighted by Gasteiger charge is 2.06. The first-order chi connectivity index (χ1) is 9.08. The van der Waals surface area contributed by atoms with Crippen molar-refractivity contribution >= 4 is 17.6 Å². The zero-order valence-electron chi connectivity index (χ0n) is 11.2. The van der Waals surface area contributed by atoms with Crippen LogP contribution in [-0.2, 0) is 0 Å². The Morgan fingerprint density at radius 3 is 2.26 bits per heavy atom. The van der Waals surface area contributed by atoms with Crippen LogP contribution in [0, 0.1) is 5.41 Å². The Bertz CT molecular complexity index is 574. The summed E-state index contributed by atoms with van der Waals surface area (Å²) < 4.78 is 0. The maximum absolute atomic E-state index is 7.60. The van der Waals surface area contributed by atoms with Crippen LogP contribution in [0.1, 0.15) is 30.9 Å². The van der Waals surface area contributed by atoms with Gasteiger partial charge in [-0.1, -0.05) is 55.9 Å². The van der Waals surface area contributed by atoms with E-state index in [-0.39, 0.29) is 5.84 Å². The Kier molecular flexibility index (Phi) is 4.27. The van der Waals surface area contributed by atoms with Gasteiger partial charge in [-0.2, -0.15) is 0 Å². The topological polar surface area (TPSA) is 49.9 Å². The normalized spacial score (nSPS) is 10.7. The summed E-state index contributed by atoms with van der Waals surface area (Å²) in [6.07, 6.45) is 0. The van der Waals surface area contributed by atoms with E-state index in [4.69, 9.17) is 11.1 Å². The molecule has 0 atom stereocenters. The van der Waals surface area contributed by atoms with Gasteiger partial charge in [0.05, 0.1) is 0 Å². The van der Waals surface area contributed by atoms with Crippen molar-refractivity contribution in [2.45, 2.75) is 29.6 Å². The van der Waals surface area contributed by atoms with Gasteiger partial charge in [0.15, 0.2) is 0 Å². The molecule has 0 saturated heterocycles. The predicted octanol–water partition coefficient (Wildman–Crippen LogP) is 4.25. The van der Waals surface area contributed by atoms with Gasteiger partial charge >= 0.3 is 0 Å². The summed E-state index contributed by atoms with van der Waals surface area (Å²) in [5.41, 5.74) is 7.73. The fourth-order valence-corrected chi connectivity index (χ4v) is 2.79. The largest absolute Gasteiger partial charge is 0.384 e. The van der Waals surface area contributed by atoms with Crippen molar-refractivity contribution in [2.75, 3.05) is 0 Å². The number of nitrogens with one attached hydrogen (secondary N) is 1. The minimum Gasteiger partial charge on any atom is -0.384 e. The minimum absolute atomic E-state index is 0.113. The molecule has 2 aromatic carbocycles. The molecule has 0 bridgehead atoms. The Balaban J connectivity index is 2.24. The number of amidine groups is 1. The second-order valence-electron chi connectivity index (χ2n) is 4.74. The molecule has 2 nitrogen and oxygen atoms in total. The molecule has 98 valence electrons. The summed E-state index contributed by atoms with van der Waals surface area (Å²) in [7, 11) is 0. The van der Waals surface area contributed by atoms with Gasteiger partial charge in [-0.05, 0) is 29.7 Å². The van der Waals surface area contributed by atoms with Crippen molar-refractivity contribution in [3.8, 4) is 0 Å². The van der Waals surface area contributed by atoms with Crippen LogP contribution < -0.4 is 5.73 Å². The molecular formula is C16H18N2S. The lowest BCUT2D eigenvalue weighted by Gasteiger charge is -2.09. The number of nitrogen functional groups attached to an aromatic ring is 1. The summed E-state index contributed by atoms with van der Waals surface area (Å²) >= 11 is 1.64. The fourth-order valence-electron chi connectivity index (χ4n) is 1.83. The molecule has 0 aliphatic carbocycles. The molecule has 0 spiro atoms. The lowest BCUT2D eigenvalue weighted by atomic mass is 10.0. The first-order valence-corrected chi connectivity index (χ1v) is 7.11. The van der Waals surface area contributed by atoms with Crippen molar-refractivity contribution in [1.82, 2.24) is 0 Å². The van der Waals surface area contributed by atoms with Gasteiger partial charge in [-0.3, -0.25) is 5.41 Å². The Hall–Kier alpha value is -1.74.